The highest BCUT2D eigenvalue weighted by atomic mass is 32.2. The number of rotatable bonds is 7. The molecule has 0 aliphatic rings. The van der Waals surface area contributed by atoms with Crippen LogP contribution in [0.3, 0.4) is 0 Å². The van der Waals surface area contributed by atoms with Crippen molar-refractivity contribution in [1.82, 2.24) is 14.8 Å². The Kier molecular flexibility index (Phi) is 5.90. The molecule has 0 bridgehead atoms. The zero-order valence-electron chi connectivity index (χ0n) is 15.1. The number of carbonyl (C=O) groups excluding carboxylic acids is 1. The van der Waals surface area contributed by atoms with Crippen LogP contribution in [0.25, 0.3) is 5.69 Å². The molecule has 0 aliphatic carbocycles. The number of nitro benzene ring substituents is 1. The van der Waals surface area contributed by atoms with Gasteiger partial charge in [-0.25, -0.2) is 9.67 Å². The number of carbonyl (C=O) groups is 1. The van der Waals surface area contributed by atoms with Gasteiger partial charge in [0.1, 0.15) is 12.1 Å². The van der Waals surface area contributed by atoms with E-state index in [1.165, 1.54) is 37.1 Å². The van der Waals surface area contributed by atoms with E-state index in [0.29, 0.717) is 10.9 Å². The SMILES string of the molecule is COc1ccc([N+](=O)[O-])cc1NC(=O)C(C)Sc1ncn(-c2ccccc2)n1. The number of hydrogen-bond acceptors (Lipinski definition) is 7. The van der Waals surface area contributed by atoms with Crippen molar-refractivity contribution in [2.45, 2.75) is 17.3 Å². The molecule has 1 heterocycles. The lowest BCUT2D eigenvalue weighted by Crippen LogP contribution is -2.23. The van der Waals surface area contributed by atoms with Gasteiger partial charge in [-0.1, -0.05) is 30.0 Å². The van der Waals surface area contributed by atoms with Crippen LogP contribution < -0.4 is 10.1 Å². The Hall–Kier alpha value is -3.40. The molecule has 1 aromatic heterocycles. The van der Waals surface area contributed by atoms with Crippen molar-refractivity contribution in [2.24, 2.45) is 0 Å². The monoisotopic (exact) mass is 399 g/mol. The van der Waals surface area contributed by atoms with E-state index >= 15 is 0 Å². The lowest BCUT2D eigenvalue weighted by molar-refractivity contribution is -0.384. The second-order valence-electron chi connectivity index (χ2n) is 5.70. The van der Waals surface area contributed by atoms with Crippen molar-refractivity contribution in [3.8, 4) is 11.4 Å². The molecule has 10 heteroatoms. The number of nitrogens with one attached hydrogen (secondary N) is 1. The van der Waals surface area contributed by atoms with Crippen molar-refractivity contribution in [2.75, 3.05) is 12.4 Å². The Morgan fingerprint density at radius 3 is 2.71 bits per heavy atom. The maximum absolute atomic E-state index is 12.5. The average molecular weight is 399 g/mol. The predicted molar refractivity (Wildman–Crippen MR) is 105 cm³/mol. The Balaban J connectivity index is 1.69. The standard InChI is InChI=1S/C18H17N5O4S/c1-12(28-18-19-11-22(21-18)13-6-4-3-5-7-13)17(24)20-15-10-14(23(25)26)8-9-16(15)27-2/h3-12H,1-2H3,(H,20,24). The summed E-state index contributed by atoms with van der Waals surface area (Å²) in [6.45, 7) is 1.70. The van der Waals surface area contributed by atoms with Crippen LogP contribution in [-0.4, -0.2) is 38.0 Å². The molecule has 0 radical (unpaired) electrons. The Labute approximate surface area is 164 Å². The first-order valence-electron chi connectivity index (χ1n) is 8.25. The second kappa shape index (κ2) is 8.53. The van der Waals surface area contributed by atoms with Crippen molar-refractivity contribution in [1.29, 1.82) is 0 Å². The van der Waals surface area contributed by atoms with Crippen LogP contribution >= 0.6 is 11.8 Å². The molecule has 3 rings (SSSR count). The lowest BCUT2D eigenvalue weighted by atomic mass is 10.2. The molecule has 1 atom stereocenters. The lowest BCUT2D eigenvalue weighted by Gasteiger charge is -2.13. The first-order valence-corrected chi connectivity index (χ1v) is 9.13. The summed E-state index contributed by atoms with van der Waals surface area (Å²) in [7, 11) is 1.43. The van der Waals surface area contributed by atoms with Gasteiger partial charge in [0, 0.05) is 12.1 Å². The third-order valence-corrected chi connectivity index (χ3v) is 4.76. The molecule has 1 N–H and O–H groups in total. The summed E-state index contributed by atoms with van der Waals surface area (Å²) in [5.74, 6) is -0.0116. The highest BCUT2D eigenvalue weighted by Crippen LogP contribution is 2.30. The molecule has 0 aliphatic heterocycles. The van der Waals surface area contributed by atoms with Gasteiger partial charge in [0.15, 0.2) is 0 Å². The number of non-ortho nitro benzene ring substituents is 1. The highest BCUT2D eigenvalue weighted by Gasteiger charge is 2.20. The number of methoxy groups -OCH3 is 1. The quantitative estimate of drug-likeness (QED) is 0.368. The minimum Gasteiger partial charge on any atom is -0.495 e. The number of nitro groups is 1. The van der Waals surface area contributed by atoms with Crippen LogP contribution in [0.5, 0.6) is 5.75 Å². The van der Waals surface area contributed by atoms with Crippen molar-refractivity contribution in [3.05, 3.63) is 65.0 Å². The molecule has 1 amide bonds. The highest BCUT2D eigenvalue weighted by molar-refractivity contribution is 8.00. The first kappa shape index (κ1) is 19.4. The minimum atomic E-state index is -0.534. The zero-order chi connectivity index (χ0) is 20.1. The summed E-state index contributed by atoms with van der Waals surface area (Å²) in [5, 5.41) is 17.9. The maximum atomic E-state index is 12.5. The fraction of sp³-hybridized carbons (Fsp3) is 0.167. The normalized spacial score (nSPS) is 11.6. The summed E-state index contributed by atoms with van der Waals surface area (Å²) < 4.78 is 6.78. The zero-order valence-corrected chi connectivity index (χ0v) is 15.9. The smallest absolute Gasteiger partial charge is 0.271 e. The first-order chi connectivity index (χ1) is 13.5. The molecular formula is C18H17N5O4S. The third kappa shape index (κ3) is 4.46. The summed E-state index contributed by atoms with van der Waals surface area (Å²) in [6, 6.07) is 13.5. The number of thioether (sulfide) groups is 1. The van der Waals surface area contributed by atoms with Gasteiger partial charge in [-0.15, -0.1) is 5.10 Å². The average Bonchev–Trinajstić information content (AvgIpc) is 3.17. The van der Waals surface area contributed by atoms with Gasteiger partial charge in [-0.2, -0.15) is 0 Å². The van der Waals surface area contributed by atoms with Crippen LogP contribution in [0, 0.1) is 10.1 Å². The molecular weight excluding hydrogens is 382 g/mol. The summed E-state index contributed by atoms with van der Waals surface area (Å²) in [5.41, 5.74) is 0.955. The minimum absolute atomic E-state index is 0.139. The number of nitrogens with zero attached hydrogens (tertiary/aromatic N) is 4. The maximum Gasteiger partial charge on any atom is 0.271 e. The molecule has 0 saturated heterocycles. The van der Waals surface area contributed by atoms with E-state index in [4.69, 9.17) is 4.74 Å². The number of anilines is 1. The number of amides is 1. The molecule has 144 valence electrons. The van der Waals surface area contributed by atoms with Crippen LogP contribution in [0.2, 0.25) is 0 Å². The van der Waals surface area contributed by atoms with E-state index in [1.807, 2.05) is 30.3 Å². The molecule has 1 unspecified atom stereocenters. The predicted octanol–water partition coefficient (Wildman–Crippen LogP) is 3.30. The fourth-order valence-electron chi connectivity index (χ4n) is 2.36. The third-order valence-electron chi connectivity index (χ3n) is 3.79. The summed E-state index contributed by atoms with van der Waals surface area (Å²) in [4.78, 5) is 27.2. The Morgan fingerprint density at radius 1 is 1.29 bits per heavy atom. The van der Waals surface area contributed by atoms with Crippen LogP contribution in [0.15, 0.2) is 60.0 Å². The van der Waals surface area contributed by atoms with Crippen LogP contribution in [0.4, 0.5) is 11.4 Å². The van der Waals surface area contributed by atoms with Crippen molar-refractivity contribution in [3.63, 3.8) is 0 Å². The van der Waals surface area contributed by atoms with Gasteiger partial charge >= 0.3 is 0 Å². The molecule has 0 saturated carbocycles. The van der Waals surface area contributed by atoms with E-state index in [2.05, 4.69) is 15.4 Å². The number of ether oxygens (including phenoxy) is 1. The van der Waals surface area contributed by atoms with E-state index in [1.54, 1.807) is 17.9 Å². The van der Waals surface area contributed by atoms with Crippen molar-refractivity contribution < 1.29 is 14.5 Å². The van der Waals surface area contributed by atoms with Gasteiger partial charge in [0.05, 0.1) is 28.7 Å². The number of aromatic nitrogens is 3. The van der Waals surface area contributed by atoms with E-state index < -0.39 is 10.2 Å². The van der Waals surface area contributed by atoms with Crippen molar-refractivity contribution >= 4 is 29.0 Å². The molecule has 9 nitrogen and oxygen atoms in total. The van der Waals surface area contributed by atoms with Gasteiger partial charge < -0.3 is 10.1 Å². The molecule has 2 aromatic carbocycles. The van der Waals surface area contributed by atoms with Crippen LogP contribution in [0.1, 0.15) is 6.92 Å². The number of benzene rings is 2. The number of para-hydroxylation sites is 1. The molecule has 3 aromatic rings. The van der Waals surface area contributed by atoms with E-state index in [-0.39, 0.29) is 17.3 Å². The second-order valence-corrected chi connectivity index (χ2v) is 7.01. The summed E-state index contributed by atoms with van der Waals surface area (Å²) in [6.07, 6.45) is 1.58. The largest absolute Gasteiger partial charge is 0.495 e. The van der Waals surface area contributed by atoms with Gasteiger partial charge in [0.25, 0.3) is 5.69 Å². The van der Waals surface area contributed by atoms with Gasteiger partial charge in [-0.05, 0) is 25.1 Å². The Morgan fingerprint density at radius 2 is 2.04 bits per heavy atom. The van der Waals surface area contributed by atoms with Crippen LogP contribution in [-0.2, 0) is 4.79 Å². The van der Waals surface area contributed by atoms with Gasteiger partial charge in [0.2, 0.25) is 11.1 Å². The van der Waals surface area contributed by atoms with Gasteiger partial charge in [-0.3, -0.25) is 14.9 Å². The topological polar surface area (TPSA) is 112 Å². The summed E-state index contributed by atoms with van der Waals surface area (Å²) >= 11 is 1.18. The fourth-order valence-corrected chi connectivity index (χ4v) is 3.09. The van der Waals surface area contributed by atoms with E-state index in [9.17, 15) is 14.9 Å². The van der Waals surface area contributed by atoms with E-state index in [0.717, 1.165) is 5.69 Å². The number of hydrogen-bond donors (Lipinski definition) is 1. The Bertz CT molecular complexity index is 993. The molecule has 0 spiro atoms. The molecule has 28 heavy (non-hydrogen) atoms. The molecule has 0 fully saturated rings.